The second-order valence-corrected chi connectivity index (χ2v) is 5.91. The maximum Gasteiger partial charge on any atom is 0.329 e. The highest BCUT2D eigenvalue weighted by molar-refractivity contribution is 6.35. The van der Waals surface area contributed by atoms with Crippen LogP contribution < -0.4 is 20.2 Å². The lowest BCUT2D eigenvalue weighted by atomic mass is 10.1. The van der Waals surface area contributed by atoms with Crippen molar-refractivity contribution in [3.63, 3.8) is 0 Å². The smallest absolute Gasteiger partial charge is 0.329 e. The Hall–Kier alpha value is -2.83. The fraction of sp³-hybridized carbons (Fsp3) is 0.353. The number of nitrogens with one attached hydrogen (secondary N) is 2. The molecule has 1 aromatic rings. The largest absolute Gasteiger partial charge is 0.493 e. The van der Waals surface area contributed by atoms with Gasteiger partial charge in [0.2, 0.25) is 0 Å². The van der Waals surface area contributed by atoms with Gasteiger partial charge in [0.25, 0.3) is 0 Å². The van der Waals surface area contributed by atoms with Crippen LogP contribution in [-0.2, 0) is 9.59 Å². The molecule has 1 rings (SSSR count). The second-order valence-electron chi connectivity index (χ2n) is 5.91. The molecule has 0 heterocycles. The zero-order valence-electron chi connectivity index (χ0n) is 14.4. The Morgan fingerprint density at radius 3 is 2.54 bits per heavy atom. The van der Waals surface area contributed by atoms with Crippen molar-refractivity contribution < 1.29 is 19.1 Å². The van der Waals surface area contributed by atoms with Gasteiger partial charge in [0.15, 0.2) is 11.5 Å². The molecule has 0 radical (unpaired) electrons. The summed E-state index contributed by atoms with van der Waals surface area (Å²) in [5, 5.41) is 6.31. The van der Waals surface area contributed by atoms with E-state index in [-0.39, 0.29) is 0 Å². The fourth-order valence-electron chi connectivity index (χ4n) is 1.65. The first-order valence-corrected chi connectivity index (χ1v) is 7.34. The molecule has 7 heteroatoms. The zero-order chi connectivity index (χ0) is 18.2. The molecular weight excluding hydrogens is 310 g/mol. The van der Waals surface area contributed by atoms with E-state index in [1.54, 1.807) is 45.0 Å². The second kappa shape index (κ2) is 8.71. The molecule has 0 aromatic heterocycles. The van der Waals surface area contributed by atoms with Crippen molar-refractivity contribution in [2.24, 2.45) is 5.10 Å². The first-order valence-electron chi connectivity index (χ1n) is 7.34. The molecule has 0 unspecified atom stereocenters. The van der Waals surface area contributed by atoms with Crippen molar-refractivity contribution in [2.75, 3.05) is 13.7 Å². The van der Waals surface area contributed by atoms with Gasteiger partial charge in [-0.3, -0.25) is 9.59 Å². The maximum atomic E-state index is 11.6. The van der Waals surface area contributed by atoms with Crippen LogP contribution in [0.25, 0.3) is 0 Å². The number of rotatable bonds is 6. The molecule has 0 aliphatic heterocycles. The Labute approximate surface area is 141 Å². The van der Waals surface area contributed by atoms with Crippen LogP contribution in [0.2, 0.25) is 0 Å². The van der Waals surface area contributed by atoms with E-state index in [0.717, 1.165) is 0 Å². The number of hydrogen-bond acceptors (Lipinski definition) is 5. The van der Waals surface area contributed by atoms with Crippen molar-refractivity contribution in [3.05, 3.63) is 36.4 Å². The summed E-state index contributed by atoms with van der Waals surface area (Å²) in [5.41, 5.74) is 2.36. The first-order chi connectivity index (χ1) is 11.3. The van der Waals surface area contributed by atoms with Gasteiger partial charge >= 0.3 is 11.8 Å². The summed E-state index contributed by atoms with van der Waals surface area (Å²) in [7, 11) is 1.52. The lowest BCUT2D eigenvalue weighted by molar-refractivity contribution is -0.140. The molecule has 2 N–H and O–H groups in total. The highest BCUT2D eigenvalue weighted by Gasteiger charge is 2.19. The summed E-state index contributed by atoms with van der Waals surface area (Å²) in [4.78, 5) is 23.2. The van der Waals surface area contributed by atoms with E-state index in [0.29, 0.717) is 23.7 Å². The van der Waals surface area contributed by atoms with Gasteiger partial charge in [-0.05, 0) is 44.5 Å². The number of nitrogens with zero attached hydrogens (tertiary/aromatic N) is 1. The van der Waals surface area contributed by atoms with Gasteiger partial charge in [-0.25, -0.2) is 5.43 Å². The Balaban J connectivity index is 2.68. The number of carbonyl (C=O) groups excluding carboxylic acids is 2. The van der Waals surface area contributed by atoms with Gasteiger partial charge < -0.3 is 14.8 Å². The zero-order valence-corrected chi connectivity index (χ0v) is 14.4. The molecule has 0 fully saturated rings. The van der Waals surface area contributed by atoms with Crippen LogP contribution in [0.3, 0.4) is 0 Å². The van der Waals surface area contributed by atoms with E-state index < -0.39 is 17.4 Å². The Kier molecular flexibility index (Phi) is 6.98. The predicted octanol–water partition coefficient (Wildman–Crippen LogP) is 1.62. The molecule has 0 spiro atoms. The Bertz CT molecular complexity index is 633. The molecule has 1 aromatic carbocycles. The van der Waals surface area contributed by atoms with Crippen LogP contribution >= 0.6 is 0 Å². The minimum absolute atomic E-state index is 0.364. The van der Waals surface area contributed by atoms with E-state index in [9.17, 15) is 9.59 Å². The molecule has 2 amide bonds. The van der Waals surface area contributed by atoms with Crippen molar-refractivity contribution in [1.29, 1.82) is 0 Å². The van der Waals surface area contributed by atoms with Gasteiger partial charge in [-0.1, -0.05) is 12.7 Å². The third-order valence-electron chi connectivity index (χ3n) is 2.62. The standard InChI is InChI=1S/C17H23N3O4/c1-6-9-24-13-8-7-12(10-14(13)23-5)11-18-20-16(22)15(21)19-17(2,3)4/h6-8,10-11H,1,9H2,2-5H3,(H,19,21)(H,20,22)/b18-11-. The summed E-state index contributed by atoms with van der Waals surface area (Å²) in [6.45, 7) is 9.29. The Morgan fingerprint density at radius 1 is 1.25 bits per heavy atom. The van der Waals surface area contributed by atoms with Crippen molar-refractivity contribution >= 4 is 18.0 Å². The number of benzene rings is 1. The summed E-state index contributed by atoms with van der Waals surface area (Å²) >= 11 is 0. The van der Waals surface area contributed by atoms with Gasteiger partial charge in [0, 0.05) is 5.54 Å². The van der Waals surface area contributed by atoms with E-state index in [4.69, 9.17) is 9.47 Å². The molecule has 0 saturated carbocycles. The summed E-state index contributed by atoms with van der Waals surface area (Å²) in [6, 6.07) is 5.16. The van der Waals surface area contributed by atoms with E-state index in [1.165, 1.54) is 13.3 Å². The molecular formula is C17H23N3O4. The highest BCUT2D eigenvalue weighted by atomic mass is 16.5. The van der Waals surface area contributed by atoms with Crippen LogP contribution in [0.4, 0.5) is 0 Å². The SMILES string of the molecule is C=CCOc1ccc(/C=N\NC(=O)C(=O)NC(C)(C)C)cc1OC. The fourth-order valence-corrected chi connectivity index (χ4v) is 1.65. The lowest BCUT2D eigenvalue weighted by Gasteiger charge is -2.19. The van der Waals surface area contributed by atoms with Crippen LogP contribution in [0.5, 0.6) is 11.5 Å². The van der Waals surface area contributed by atoms with Crippen molar-refractivity contribution in [3.8, 4) is 11.5 Å². The number of ether oxygens (including phenoxy) is 2. The highest BCUT2D eigenvalue weighted by Crippen LogP contribution is 2.27. The average Bonchev–Trinajstić information content (AvgIpc) is 2.51. The van der Waals surface area contributed by atoms with E-state index in [1.807, 2.05) is 0 Å². The van der Waals surface area contributed by atoms with Crippen molar-refractivity contribution in [2.45, 2.75) is 26.3 Å². The van der Waals surface area contributed by atoms with Gasteiger partial charge in [0.05, 0.1) is 13.3 Å². The molecule has 0 bridgehead atoms. The number of methoxy groups -OCH3 is 1. The molecule has 24 heavy (non-hydrogen) atoms. The molecule has 0 saturated heterocycles. The van der Waals surface area contributed by atoms with Crippen LogP contribution in [0, 0.1) is 0 Å². The lowest BCUT2D eigenvalue weighted by Crippen LogP contribution is -2.47. The minimum atomic E-state index is -0.834. The summed E-state index contributed by atoms with van der Waals surface area (Å²) in [5.74, 6) is -0.481. The molecule has 130 valence electrons. The molecule has 0 aliphatic rings. The van der Waals surface area contributed by atoms with Gasteiger partial charge in [0.1, 0.15) is 6.61 Å². The third kappa shape index (κ3) is 6.51. The molecule has 0 aliphatic carbocycles. The van der Waals surface area contributed by atoms with Crippen LogP contribution in [-0.4, -0.2) is 37.3 Å². The van der Waals surface area contributed by atoms with Crippen molar-refractivity contribution in [1.82, 2.24) is 10.7 Å². The van der Waals surface area contributed by atoms with Gasteiger partial charge in [-0.15, -0.1) is 0 Å². The molecule has 7 nitrogen and oxygen atoms in total. The predicted molar refractivity (Wildman–Crippen MR) is 92.3 cm³/mol. The number of amides is 2. The normalized spacial score (nSPS) is 11.0. The summed E-state index contributed by atoms with van der Waals surface area (Å²) < 4.78 is 10.7. The van der Waals surface area contributed by atoms with E-state index in [2.05, 4.69) is 22.4 Å². The first kappa shape index (κ1) is 19.2. The minimum Gasteiger partial charge on any atom is -0.493 e. The van der Waals surface area contributed by atoms with Gasteiger partial charge in [-0.2, -0.15) is 5.10 Å². The van der Waals surface area contributed by atoms with E-state index >= 15 is 0 Å². The third-order valence-corrected chi connectivity index (χ3v) is 2.62. The molecule has 0 atom stereocenters. The van der Waals surface area contributed by atoms with Crippen LogP contribution in [0.15, 0.2) is 36.0 Å². The number of hydrogen-bond donors (Lipinski definition) is 2. The average molecular weight is 333 g/mol. The monoisotopic (exact) mass is 333 g/mol. The summed E-state index contributed by atoms with van der Waals surface area (Å²) in [6.07, 6.45) is 3.04. The number of carbonyl (C=O) groups is 2. The topological polar surface area (TPSA) is 89.0 Å². The van der Waals surface area contributed by atoms with Crippen LogP contribution in [0.1, 0.15) is 26.3 Å². The quantitative estimate of drug-likeness (QED) is 0.358. The number of hydrazone groups is 1. The Morgan fingerprint density at radius 2 is 1.96 bits per heavy atom. The maximum absolute atomic E-state index is 11.6.